The number of hydrogen-bond acceptors (Lipinski definition) is 3. The van der Waals surface area contributed by atoms with Crippen LogP contribution in [0.15, 0.2) is 0 Å². The molecule has 0 aromatic heterocycles. The second-order valence-corrected chi connectivity index (χ2v) is 7.15. The Kier molecular flexibility index (Phi) is 5.59. The van der Waals surface area contributed by atoms with Gasteiger partial charge in [0.15, 0.2) is 0 Å². The standard InChI is InChI=1S/C12H24N2O3S/c1-4-10(3)12(15)13-11-6-8-14(9-7-11)18(16,17)5-2/h10-11H,4-9H2,1-3H3,(H,13,15). The van der Waals surface area contributed by atoms with Crippen molar-refractivity contribution >= 4 is 15.9 Å². The summed E-state index contributed by atoms with van der Waals surface area (Å²) in [5.74, 6) is 0.258. The monoisotopic (exact) mass is 276 g/mol. The smallest absolute Gasteiger partial charge is 0.223 e. The molecule has 0 aliphatic carbocycles. The molecule has 18 heavy (non-hydrogen) atoms. The van der Waals surface area contributed by atoms with Gasteiger partial charge in [-0.2, -0.15) is 0 Å². The number of rotatable bonds is 5. The summed E-state index contributed by atoms with van der Waals surface area (Å²) >= 11 is 0. The van der Waals surface area contributed by atoms with E-state index in [1.807, 2.05) is 13.8 Å². The van der Waals surface area contributed by atoms with Gasteiger partial charge in [0.2, 0.25) is 15.9 Å². The van der Waals surface area contributed by atoms with Gasteiger partial charge in [0, 0.05) is 25.0 Å². The Balaban J connectivity index is 2.43. The van der Waals surface area contributed by atoms with Crippen molar-refractivity contribution in [3.63, 3.8) is 0 Å². The molecular formula is C12H24N2O3S. The topological polar surface area (TPSA) is 66.5 Å². The van der Waals surface area contributed by atoms with Crippen LogP contribution in [0, 0.1) is 5.92 Å². The van der Waals surface area contributed by atoms with Crippen molar-refractivity contribution in [1.82, 2.24) is 9.62 Å². The van der Waals surface area contributed by atoms with E-state index in [0.29, 0.717) is 25.9 Å². The van der Waals surface area contributed by atoms with Crippen LogP contribution in [0.5, 0.6) is 0 Å². The minimum atomic E-state index is -3.07. The Bertz CT molecular complexity index is 373. The van der Waals surface area contributed by atoms with E-state index in [4.69, 9.17) is 0 Å². The van der Waals surface area contributed by atoms with Crippen LogP contribution in [0.4, 0.5) is 0 Å². The largest absolute Gasteiger partial charge is 0.353 e. The van der Waals surface area contributed by atoms with Gasteiger partial charge in [-0.05, 0) is 26.2 Å². The van der Waals surface area contributed by atoms with Crippen LogP contribution in [0.2, 0.25) is 0 Å². The summed E-state index contributed by atoms with van der Waals surface area (Å²) in [5.41, 5.74) is 0. The third-order valence-electron chi connectivity index (χ3n) is 3.62. The van der Waals surface area contributed by atoms with Crippen molar-refractivity contribution < 1.29 is 13.2 Å². The van der Waals surface area contributed by atoms with Gasteiger partial charge in [-0.1, -0.05) is 13.8 Å². The summed E-state index contributed by atoms with van der Waals surface area (Å²) in [6.45, 7) is 6.59. The molecular weight excluding hydrogens is 252 g/mol. The molecule has 1 N–H and O–H groups in total. The highest BCUT2D eigenvalue weighted by atomic mass is 32.2. The predicted octanol–water partition coefficient (Wildman–Crippen LogP) is 0.963. The fraction of sp³-hybridized carbons (Fsp3) is 0.917. The van der Waals surface area contributed by atoms with Crippen molar-refractivity contribution in [3.05, 3.63) is 0 Å². The lowest BCUT2D eigenvalue weighted by Crippen LogP contribution is -2.47. The molecule has 0 spiro atoms. The zero-order chi connectivity index (χ0) is 13.8. The minimum Gasteiger partial charge on any atom is -0.353 e. The molecule has 1 amide bonds. The Hall–Kier alpha value is -0.620. The number of hydrogen-bond donors (Lipinski definition) is 1. The van der Waals surface area contributed by atoms with Crippen molar-refractivity contribution in [2.24, 2.45) is 5.92 Å². The Morgan fingerprint density at radius 2 is 1.89 bits per heavy atom. The van der Waals surface area contributed by atoms with Gasteiger partial charge in [0.05, 0.1) is 5.75 Å². The normalized spacial score (nSPS) is 20.6. The molecule has 0 radical (unpaired) electrons. The van der Waals surface area contributed by atoms with E-state index < -0.39 is 10.0 Å². The maximum absolute atomic E-state index is 11.7. The molecule has 1 fully saturated rings. The Morgan fingerprint density at radius 3 is 2.33 bits per heavy atom. The molecule has 0 aromatic carbocycles. The molecule has 5 nitrogen and oxygen atoms in total. The average molecular weight is 276 g/mol. The van der Waals surface area contributed by atoms with Gasteiger partial charge in [0.25, 0.3) is 0 Å². The first-order chi connectivity index (χ1) is 8.40. The first-order valence-electron chi connectivity index (χ1n) is 6.68. The van der Waals surface area contributed by atoms with Crippen molar-refractivity contribution in [2.45, 2.75) is 46.1 Å². The summed E-state index contributed by atoms with van der Waals surface area (Å²) in [5, 5.41) is 3.00. The zero-order valence-electron chi connectivity index (χ0n) is 11.5. The summed E-state index contributed by atoms with van der Waals surface area (Å²) in [6.07, 6.45) is 2.25. The van der Waals surface area contributed by atoms with E-state index in [1.54, 1.807) is 6.92 Å². The van der Waals surface area contributed by atoms with Crippen molar-refractivity contribution in [1.29, 1.82) is 0 Å². The van der Waals surface area contributed by atoms with E-state index in [2.05, 4.69) is 5.32 Å². The SMILES string of the molecule is CCC(C)C(=O)NC1CCN(S(=O)(=O)CC)CC1. The molecule has 1 aliphatic heterocycles. The molecule has 0 bridgehead atoms. The van der Waals surface area contributed by atoms with Crippen LogP contribution in [-0.2, 0) is 14.8 Å². The third-order valence-corrected chi connectivity index (χ3v) is 5.50. The molecule has 0 aromatic rings. The highest BCUT2D eigenvalue weighted by Gasteiger charge is 2.27. The lowest BCUT2D eigenvalue weighted by atomic mass is 10.0. The molecule has 1 saturated heterocycles. The fourth-order valence-electron chi connectivity index (χ4n) is 1.99. The minimum absolute atomic E-state index is 0.0300. The average Bonchev–Trinajstić information content (AvgIpc) is 2.38. The van der Waals surface area contributed by atoms with E-state index in [0.717, 1.165) is 6.42 Å². The van der Waals surface area contributed by atoms with Gasteiger partial charge < -0.3 is 5.32 Å². The quantitative estimate of drug-likeness (QED) is 0.813. The molecule has 1 unspecified atom stereocenters. The van der Waals surface area contributed by atoms with Crippen molar-refractivity contribution in [3.8, 4) is 0 Å². The number of nitrogens with zero attached hydrogens (tertiary/aromatic N) is 1. The predicted molar refractivity (Wildman–Crippen MR) is 71.7 cm³/mol. The van der Waals surface area contributed by atoms with Crippen LogP contribution >= 0.6 is 0 Å². The second kappa shape index (κ2) is 6.52. The van der Waals surface area contributed by atoms with E-state index in [-0.39, 0.29) is 23.6 Å². The molecule has 6 heteroatoms. The number of piperidine rings is 1. The lowest BCUT2D eigenvalue weighted by molar-refractivity contribution is -0.125. The van der Waals surface area contributed by atoms with Crippen LogP contribution in [0.1, 0.15) is 40.0 Å². The van der Waals surface area contributed by atoms with Gasteiger partial charge in [-0.3, -0.25) is 4.79 Å². The van der Waals surface area contributed by atoms with Gasteiger partial charge >= 0.3 is 0 Å². The van der Waals surface area contributed by atoms with Gasteiger partial charge in [-0.15, -0.1) is 0 Å². The lowest BCUT2D eigenvalue weighted by Gasteiger charge is -2.31. The number of amides is 1. The molecule has 1 aliphatic rings. The maximum atomic E-state index is 11.7. The summed E-state index contributed by atoms with van der Waals surface area (Å²) in [6, 6.07) is 0.120. The van der Waals surface area contributed by atoms with Crippen LogP contribution in [0.25, 0.3) is 0 Å². The summed E-state index contributed by atoms with van der Waals surface area (Å²) in [7, 11) is -3.07. The first kappa shape index (κ1) is 15.4. The molecule has 1 rings (SSSR count). The van der Waals surface area contributed by atoms with E-state index in [9.17, 15) is 13.2 Å². The van der Waals surface area contributed by atoms with Crippen LogP contribution < -0.4 is 5.32 Å². The van der Waals surface area contributed by atoms with Crippen molar-refractivity contribution in [2.75, 3.05) is 18.8 Å². The highest BCUT2D eigenvalue weighted by molar-refractivity contribution is 7.89. The molecule has 1 heterocycles. The number of carbonyl (C=O) groups excluding carboxylic acids is 1. The summed E-state index contributed by atoms with van der Waals surface area (Å²) < 4.78 is 24.9. The maximum Gasteiger partial charge on any atom is 0.223 e. The van der Waals surface area contributed by atoms with Crippen LogP contribution in [0.3, 0.4) is 0 Å². The second-order valence-electron chi connectivity index (χ2n) is 4.89. The molecule has 106 valence electrons. The highest BCUT2D eigenvalue weighted by Crippen LogP contribution is 2.15. The first-order valence-corrected chi connectivity index (χ1v) is 8.29. The molecule has 0 saturated carbocycles. The van der Waals surface area contributed by atoms with E-state index >= 15 is 0 Å². The Labute approximate surface area is 110 Å². The third kappa shape index (κ3) is 3.95. The molecule has 1 atom stereocenters. The number of carbonyl (C=O) groups is 1. The Morgan fingerprint density at radius 1 is 1.33 bits per heavy atom. The zero-order valence-corrected chi connectivity index (χ0v) is 12.3. The number of nitrogens with one attached hydrogen (secondary N) is 1. The van der Waals surface area contributed by atoms with Gasteiger partial charge in [-0.25, -0.2) is 12.7 Å². The fourth-order valence-corrected chi connectivity index (χ4v) is 3.12. The van der Waals surface area contributed by atoms with Crippen LogP contribution in [-0.4, -0.2) is 43.5 Å². The summed E-state index contributed by atoms with van der Waals surface area (Å²) in [4.78, 5) is 11.7. The number of sulfonamides is 1. The van der Waals surface area contributed by atoms with Gasteiger partial charge in [0.1, 0.15) is 0 Å². The van der Waals surface area contributed by atoms with E-state index in [1.165, 1.54) is 4.31 Å².